The molecule has 4 nitrogen and oxygen atoms in total. The van der Waals surface area contributed by atoms with Gasteiger partial charge in [-0.05, 0) is 25.7 Å². The van der Waals surface area contributed by atoms with Crippen LogP contribution in [0.2, 0.25) is 0 Å². The van der Waals surface area contributed by atoms with Gasteiger partial charge in [0.05, 0.1) is 0 Å². The molecule has 1 aliphatic carbocycles. The molecule has 0 saturated heterocycles. The van der Waals surface area contributed by atoms with E-state index in [1.807, 2.05) is 13.8 Å². The SMILES string of the molecule is CCC1(Nc2cc(=O)[nH]c(C(C)C)n2)CCC1. The van der Waals surface area contributed by atoms with Crippen LogP contribution in [-0.2, 0) is 0 Å². The van der Waals surface area contributed by atoms with Crippen LogP contribution < -0.4 is 10.9 Å². The van der Waals surface area contributed by atoms with Gasteiger partial charge in [-0.2, -0.15) is 0 Å². The molecule has 1 aliphatic rings. The van der Waals surface area contributed by atoms with Crippen LogP contribution in [0.4, 0.5) is 5.82 Å². The molecule has 0 atom stereocenters. The van der Waals surface area contributed by atoms with E-state index in [1.165, 1.54) is 19.3 Å². The number of hydrogen-bond acceptors (Lipinski definition) is 3. The van der Waals surface area contributed by atoms with Gasteiger partial charge < -0.3 is 10.3 Å². The van der Waals surface area contributed by atoms with Crippen molar-refractivity contribution in [3.8, 4) is 0 Å². The standard InChI is InChI=1S/C13H21N3O/c1-4-13(6-5-7-13)16-10-8-11(17)15-12(14-10)9(2)3/h8-9H,4-7H2,1-3H3,(H2,14,15,16,17). The van der Waals surface area contributed by atoms with Gasteiger partial charge in [-0.3, -0.25) is 4.79 Å². The lowest BCUT2D eigenvalue weighted by Crippen LogP contribution is -2.44. The monoisotopic (exact) mass is 235 g/mol. The predicted octanol–water partition coefficient (Wildman–Crippen LogP) is 2.64. The summed E-state index contributed by atoms with van der Waals surface area (Å²) in [6.45, 7) is 6.24. The molecule has 0 aromatic carbocycles. The molecule has 2 rings (SSSR count). The minimum atomic E-state index is -0.0724. The van der Waals surface area contributed by atoms with Gasteiger partial charge in [0.2, 0.25) is 0 Å². The van der Waals surface area contributed by atoms with Crippen LogP contribution in [0.5, 0.6) is 0 Å². The number of nitrogens with zero attached hydrogens (tertiary/aromatic N) is 1. The zero-order valence-corrected chi connectivity index (χ0v) is 10.8. The molecule has 0 bridgehead atoms. The summed E-state index contributed by atoms with van der Waals surface area (Å²) in [7, 11) is 0. The Bertz CT molecular complexity index is 441. The first-order chi connectivity index (χ1) is 8.04. The van der Waals surface area contributed by atoms with Gasteiger partial charge in [0.25, 0.3) is 5.56 Å². The highest BCUT2D eigenvalue weighted by Crippen LogP contribution is 2.37. The Morgan fingerprint density at radius 3 is 2.71 bits per heavy atom. The minimum Gasteiger partial charge on any atom is -0.364 e. The predicted molar refractivity (Wildman–Crippen MR) is 69.4 cm³/mol. The number of rotatable bonds is 4. The van der Waals surface area contributed by atoms with Gasteiger partial charge in [-0.1, -0.05) is 20.8 Å². The van der Waals surface area contributed by atoms with Crippen LogP contribution in [0.25, 0.3) is 0 Å². The van der Waals surface area contributed by atoms with Crippen molar-refractivity contribution in [2.75, 3.05) is 5.32 Å². The summed E-state index contributed by atoms with van der Waals surface area (Å²) < 4.78 is 0. The Balaban J connectivity index is 2.23. The number of hydrogen-bond donors (Lipinski definition) is 2. The van der Waals surface area contributed by atoms with Crippen LogP contribution in [-0.4, -0.2) is 15.5 Å². The summed E-state index contributed by atoms with van der Waals surface area (Å²) in [5.74, 6) is 1.72. The molecule has 0 radical (unpaired) electrons. The van der Waals surface area contributed by atoms with Crippen molar-refractivity contribution in [2.24, 2.45) is 0 Å². The minimum absolute atomic E-state index is 0.0724. The second kappa shape index (κ2) is 4.51. The van der Waals surface area contributed by atoms with Gasteiger partial charge in [-0.25, -0.2) is 4.98 Å². The number of nitrogens with one attached hydrogen (secondary N) is 2. The topological polar surface area (TPSA) is 57.8 Å². The van der Waals surface area contributed by atoms with Crippen molar-refractivity contribution in [1.29, 1.82) is 0 Å². The third-order valence-electron chi connectivity index (χ3n) is 3.69. The van der Waals surface area contributed by atoms with Crippen molar-refractivity contribution in [1.82, 2.24) is 9.97 Å². The van der Waals surface area contributed by atoms with Gasteiger partial charge in [0.1, 0.15) is 11.6 Å². The first kappa shape index (κ1) is 12.1. The van der Waals surface area contributed by atoms with E-state index < -0.39 is 0 Å². The number of H-pyrrole nitrogens is 1. The summed E-state index contributed by atoms with van der Waals surface area (Å²) in [6.07, 6.45) is 4.70. The molecule has 94 valence electrons. The molecular formula is C13H21N3O. The average Bonchev–Trinajstić information content (AvgIpc) is 2.22. The molecule has 17 heavy (non-hydrogen) atoms. The fourth-order valence-corrected chi connectivity index (χ4v) is 2.26. The van der Waals surface area contributed by atoms with Crippen LogP contribution in [0.3, 0.4) is 0 Å². The van der Waals surface area contributed by atoms with E-state index in [1.54, 1.807) is 6.07 Å². The summed E-state index contributed by atoms with van der Waals surface area (Å²) >= 11 is 0. The van der Waals surface area contributed by atoms with E-state index >= 15 is 0 Å². The van der Waals surface area contributed by atoms with Gasteiger partial charge in [-0.15, -0.1) is 0 Å². The normalized spacial score (nSPS) is 17.9. The molecule has 1 fully saturated rings. The maximum atomic E-state index is 11.6. The lowest BCUT2D eigenvalue weighted by Gasteiger charge is -2.42. The van der Waals surface area contributed by atoms with Crippen molar-refractivity contribution in [3.05, 3.63) is 22.2 Å². The molecule has 1 aromatic rings. The van der Waals surface area contributed by atoms with Gasteiger partial charge in [0, 0.05) is 17.5 Å². The largest absolute Gasteiger partial charge is 0.364 e. The average molecular weight is 235 g/mol. The van der Waals surface area contributed by atoms with E-state index in [9.17, 15) is 4.79 Å². The first-order valence-electron chi connectivity index (χ1n) is 6.44. The van der Waals surface area contributed by atoms with Crippen LogP contribution in [0.1, 0.15) is 58.2 Å². The number of aromatic amines is 1. The maximum Gasteiger partial charge on any atom is 0.252 e. The number of anilines is 1. The molecule has 1 aromatic heterocycles. The van der Waals surface area contributed by atoms with Crippen molar-refractivity contribution in [3.63, 3.8) is 0 Å². The number of aromatic nitrogens is 2. The van der Waals surface area contributed by atoms with E-state index in [2.05, 4.69) is 22.2 Å². The van der Waals surface area contributed by atoms with Crippen molar-refractivity contribution < 1.29 is 0 Å². The Kier molecular flexibility index (Phi) is 3.22. The van der Waals surface area contributed by atoms with E-state index in [0.717, 1.165) is 18.1 Å². The Labute approximate surface area is 102 Å². The van der Waals surface area contributed by atoms with Gasteiger partial charge in [0.15, 0.2) is 0 Å². The zero-order valence-electron chi connectivity index (χ0n) is 10.8. The smallest absolute Gasteiger partial charge is 0.252 e. The quantitative estimate of drug-likeness (QED) is 0.843. The van der Waals surface area contributed by atoms with Crippen molar-refractivity contribution in [2.45, 2.75) is 57.9 Å². The van der Waals surface area contributed by atoms with Crippen LogP contribution >= 0.6 is 0 Å². The molecule has 2 N–H and O–H groups in total. The molecule has 0 aliphatic heterocycles. The second-order valence-electron chi connectivity index (χ2n) is 5.28. The zero-order chi connectivity index (χ0) is 12.5. The van der Waals surface area contributed by atoms with Crippen LogP contribution in [0, 0.1) is 0 Å². The van der Waals surface area contributed by atoms with E-state index in [-0.39, 0.29) is 17.0 Å². The maximum absolute atomic E-state index is 11.6. The molecule has 1 saturated carbocycles. The molecule has 1 heterocycles. The van der Waals surface area contributed by atoms with Crippen LogP contribution in [0.15, 0.2) is 10.9 Å². The molecule has 0 spiro atoms. The first-order valence-corrected chi connectivity index (χ1v) is 6.44. The third-order valence-corrected chi connectivity index (χ3v) is 3.69. The summed E-state index contributed by atoms with van der Waals surface area (Å²) in [4.78, 5) is 18.8. The summed E-state index contributed by atoms with van der Waals surface area (Å²) in [6, 6.07) is 1.56. The molecular weight excluding hydrogens is 214 g/mol. The lowest BCUT2D eigenvalue weighted by molar-refractivity contribution is 0.268. The molecule has 0 amide bonds. The highest BCUT2D eigenvalue weighted by Gasteiger charge is 2.35. The Morgan fingerprint density at radius 2 is 2.24 bits per heavy atom. The highest BCUT2D eigenvalue weighted by atomic mass is 16.1. The van der Waals surface area contributed by atoms with E-state index in [0.29, 0.717) is 0 Å². The lowest BCUT2D eigenvalue weighted by atomic mass is 9.75. The second-order valence-corrected chi connectivity index (χ2v) is 5.28. The fraction of sp³-hybridized carbons (Fsp3) is 0.692. The Hall–Kier alpha value is -1.32. The fourth-order valence-electron chi connectivity index (χ4n) is 2.26. The molecule has 0 unspecified atom stereocenters. The summed E-state index contributed by atoms with van der Waals surface area (Å²) in [5, 5.41) is 3.45. The highest BCUT2D eigenvalue weighted by molar-refractivity contribution is 5.38. The van der Waals surface area contributed by atoms with Gasteiger partial charge >= 0.3 is 0 Å². The summed E-state index contributed by atoms with van der Waals surface area (Å²) in [5.41, 5.74) is 0.103. The Morgan fingerprint density at radius 1 is 1.53 bits per heavy atom. The van der Waals surface area contributed by atoms with Crippen molar-refractivity contribution >= 4 is 5.82 Å². The van der Waals surface area contributed by atoms with E-state index in [4.69, 9.17) is 0 Å². The molecule has 4 heteroatoms. The third kappa shape index (κ3) is 2.51.